The van der Waals surface area contributed by atoms with Gasteiger partial charge in [0.25, 0.3) is 0 Å². The maximum atomic E-state index is 3.65. The molecular weight excluding hydrogens is 136 g/mol. The molecule has 0 aliphatic carbocycles. The van der Waals surface area contributed by atoms with E-state index in [0.29, 0.717) is 5.66 Å². The smallest absolute Gasteiger partial charge is 0.0710 e. The Morgan fingerprint density at radius 3 is 2.64 bits per heavy atom. The standard InChI is InChI=1S/C9H18N2/c1-11-8-3-2-5-9(11)6-4-7-10-9/h10H,2-8H2,1H3. The lowest BCUT2D eigenvalue weighted by Crippen LogP contribution is -2.56. The van der Waals surface area contributed by atoms with Crippen LogP contribution in [0.15, 0.2) is 0 Å². The van der Waals surface area contributed by atoms with Gasteiger partial charge in [0.05, 0.1) is 5.66 Å². The first-order chi connectivity index (χ1) is 5.33. The Bertz CT molecular complexity index is 138. The van der Waals surface area contributed by atoms with Gasteiger partial charge in [0.15, 0.2) is 0 Å². The molecule has 0 aromatic heterocycles. The number of nitrogens with one attached hydrogen (secondary N) is 1. The molecule has 0 radical (unpaired) electrons. The Morgan fingerprint density at radius 1 is 1.18 bits per heavy atom. The van der Waals surface area contributed by atoms with E-state index < -0.39 is 0 Å². The summed E-state index contributed by atoms with van der Waals surface area (Å²) in [6.45, 7) is 2.51. The molecule has 2 aliphatic rings. The van der Waals surface area contributed by atoms with Crippen LogP contribution in [0.4, 0.5) is 0 Å². The van der Waals surface area contributed by atoms with E-state index in [4.69, 9.17) is 0 Å². The van der Waals surface area contributed by atoms with Crippen molar-refractivity contribution in [2.75, 3.05) is 20.1 Å². The Labute approximate surface area is 69.0 Å². The van der Waals surface area contributed by atoms with Crippen LogP contribution in [0.1, 0.15) is 32.1 Å². The molecule has 2 aliphatic heterocycles. The van der Waals surface area contributed by atoms with Gasteiger partial charge in [0, 0.05) is 0 Å². The minimum Gasteiger partial charge on any atom is -0.299 e. The monoisotopic (exact) mass is 154 g/mol. The average Bonchev–Trinajstić information content (AvgIpc) is 2.46. The van der Waals surface area contributed by atoms with Crippen LogP contribution in [0, 0.1) is 0 Å². The average molecular weight is 154 g/mol. The van der Waals surface area contributed by atoms with Crippen molar-refractivity contribution < 1.29 is 0 Å². The summed E-state index contributed by atoms with van der Waals surface area (Å²) in [5.41, 5.74) is 0.415. The van der Waals surface area contributed by atoms with Crippen molar-refractivity contribution in [2.24, 2.45) is 0 Å². The maximum absolute atomic E-state index is 3.65. The highest BCUT2D eigenvalue weighted by molar-refractivity contribution is 4.93. The fourth-order valence-electron chi connectivity index (χ4n) is 2.50. The van der Waals surface area contributed by atoms with Crippen LogP contribution in [0.3, 0.4) is 0 Å². The number of hydrogen-bond donors (Lipinski definition) is 1. The van der Waals surface area contributed by atoms with Crippen molar-refractivity contribution in [3.8, 4) is 0 Å². The van der Waals surface area contributed by atoms with Crippen LogP contribution in [0.2, 0.25) is 0 Å². The molecule has 2 nitrogen and oxygen atoms in total. The van der Waals surface area contributed by atoms with E-state index in [2.05, 4.69) is 17.3 Å². The number of hydrogen-bond acceptors (Lipinski definition) is 2. The topological polar surface area (TPSA) is 15.3 Å². The van der Waals surface area contributed by atoms with E-state index in [1.54, 1.807) is 0 Å². The van der Waals surface area contributed by atoms with Crippen LogP contribution in [0.25, 0.3) is 0 Å². The molecule has 1 N–H and O–H groups in total. The summed E-state index contributed by atoms with van der Waals surface area (Å²) in [6.07, 6.45) is 6.90. The third kappa shape index (κ3) is 1.18. The summed E-state index contributed by atoms with van der Waals surface area (Å²) in [7, 11) is 2.26. The Hall–Kier alpha value is -0.0800. The molecule has 1 spiro atoms. The first kappa shape index (κ1) is 7.56. The van der Waals surface area contributed by atoms with Crippen LogP contribution < -0.4 is 5.32 Å². The summed E-state index contributed by atoms with van der Waals surface area (Å²) in [4.78, 5) is 2.52. The van der Waals surface area contributed by atoms with Crippen molar-refractivity contribution >= 4 is 0 Å². The second-order valence-corrected chi connectivity index (χ2v) is 3.94. The fourth-order valence-corrected chi connectivity index (χ4v) is 2.50. The Morgan fingerprint density at radius 2 is 2.00 bits per heavy atom. The molecule has 0 saturated carbocycles. The van der Waals surface area contributed by atoms with E-state index in [-0.39, 0.29) is 0 Å². The second-order valence-electron chi connectivity index (χ2n) is 3.94. The van der Waals surface area contributed by atoms with Gasteiger partial charge in [0.1, 0.15) is 0 Å². The van der Waals surface area contributed by atoms with E-state index in [0.717, 1.165) is 0 Å². The molecule has 2 rings (SSSR count). The van der Waals surface area contributed by atoms with Crippen molar-refractivity contribution in [3.63, 3.8) is 0 Å². The van der Waals surface area contributed by atoms with Gasteiger partial charge >= 0.3 is 0 Å². The summed E-state index contributed by atoms with van der Waals surface area (Å²) < 4.78 is 0. The predicted molar refractivity (Wildman–Crippen MR) is 46.4 cm³/mol. The minimum absolute atomic E-state index is 0.415. The number of nitrogens with zero attached hydrogens (tertiary/aromatic N) is 1. The molecule has 2 fully saturated rings. The third-order valence-corrected chi connectivity index (χ3v) is 3.29. The zero-order valence-corrected chi connectivity index (χ0v) is 7.40. The molecule has 2 heteroatoms. The number of likely N-dealkylation sites (tertiary alicyclic amines) is 1. The molecule has 1 unspecified atom stereocenters. The molecule has 1 atom stereocenters. The van der Waals surface area contributed by atoms with Gasteiger partial charge in [-0.25, -0.2) is 0 Å². The molecule has 2 saturated heterocycles. The highest BCUT2D eigenvalue weighted by atomic mass is 15.3. The molecule has 0 aromatic carbocycles. The maximum Gasteiger partial charge on any atom is 0.0710 e. The number of piperidine rings is 1. The van der Waals surface area contributed by atoms with Crippen molar-refractivity contribution in [1.29, 1.82) is 0 Å². The fraction of sp³-hybridized carbons (Fsp3) is 1.00. The number of rotatable bonds is 0. The third-order valence-electron chi connectivity index (χ3n) is 3.29. The first-order valence-corrected chi connectivity index (χ1v) is 4.80. The van der Waals surface area contributed by atoms with Crippen LogP contribution in [0.5, 0.6) is 0 Å². The quantitative estimate of drug-likeness (QED) is 0.563. The van der Waals surface area contributed by atoms with E-state index in [9.17, 15) is 0 Å². The second kappa shape index (κ2) is 2.76. The highest BCUT2D eigenvalue weighted by Gasteiger charge is 2.38. The summed E-state index contributed by atoms with van der Waals surface area (Å²) in [6, 6.07) is 0. The van der Waals surface area contributed by atoms with Crippen molar-refractivity contribution in [2.45, 2.75) is 37.8 Å². The molecule has 0 bridgehead atoms. The van der Waals surface area contributed by atoms with Crippen LogP contribution in [-0.2, 0) is 0 Å². The molecule has 0 amide bonds. The van der Waals surface area contributed by atoms with E-state index >= 15 is 0 Å². The van der Waals surface area contributed by atoms with Gasteiger partial charge in [0.2, 0.25) is 0 Å². The summed E-state index contributed by atoms with van der Waals surface area (Å²) in [5, 5.41) is 3.65. The Balaban J connectivity index is 2.07. The van der Waals surface area contributed by atoms with Crippen molar-refractivity contribution in [1.82, 2.24) is 10.2 Å². The van der Waals surface area contributed by atoms with E-state index in [1.807, 2.05) is 0 Å². The van der Waals surface area contributed by atoms with Crippen molar-refractivity contribution in [3.05, 3.63) is 0 Å². The van der Waals surface area contributed by atoms with Gasteiger partial charge in [-0.1, -0.05) is 0 Å². The van der Waals surface area contributed by atoms with Crippen LogP contribution in [-0.4, -0.2) is 30.7 Å². The van der Waals surface area contributed by atoms with Gasteiger partial charge in [-0.3, -0.25) is 10.2 Å². The predicted octanol–water partition coefficient (Wildman–Crippen LogP) is 1.18. The molecule has 64 valence electrons. The Kier molecular flexibility index (Phi) is 1.90. The van der Waals surface area contributed by atoms with Gasteiger partial charge < -0.3 is 0 Å². The highest BCUT2D eigenvalue weighted by Crippen LogP contribution is 2.31. The van der Waals surface area contributed by atoms with Gasteiger partial charge in [-0.2, -0.15) is 0 Å². The van der Waals surface area contributed by atoms with Gasteiger partial charge in [-0.05, 0) is 52.2 Å². The summed E-state index contributed by atoms with van der Waals surface area (Å²) >= 11 is 0. The van der Waals surface area contributed by atoms with Crippen LogP contribution >= 0.6 is 0 Å². The minimum atomic E-state index is 0.415. The lowest BCUT2D eigenvalue weighted by atomic mass is 9.94. The lowest BCUT2D eigenvalue weighted by Gasteiger charge is -2.42. The molecule has 0 aromatic rings. The summed E-state index contributed by atoms with van der Waals surface area (Å²) in [5.74, 6) is 0. The van der Waals surface area contributed by atoms with Gasteiger partial charge in [-0.15, -0.1) is 0 Å². The van der Waals surface area contributed by atoms with E-state index in [1.165, 1.54) is 45.2 Å². The largest absolute Gasteiger partial charge is 0.299 e. The molecular formula is C9H18N2. The molecule has 11 heavy (non-hydrogen) atoms. The first-order valence-electron chi connectivity index (χ1n) is 4.80. The zero-order chi connectivity index (χ0) is 7.73. The lowest BCUT2D eigenvalue weighted by molar-refractivity contribution is 0.0588. The molecule has 2 heterocycles. The normalized spacial score (nSPS) is 40.1. The zero-order valence-electron chi connectivity index (χ0n) is 7.40. The SMILES string of the molecule is CN1CCCCC12CCCN2.